The lowest BCUT2D eigenvalue weighted by atomic mass is 10.0. The van der Waals surface area contributed by atoms with E-state index in [4.69, 9.17) is 9.47 Å². The number of para-hydroxylation sites is 3. The van der Waals surface area contributed by atoms with Crippen LogP contribution in [0.4, 0.5) is 5.69 Å². The van der Waals surface area contributed by atoms with Gasteiger partial charge in [-0.15, -0.1) is 0 Å². The first-order chi connectivity index (χ1) is 15.6. The molecule has 1 aliphatic heterocycles. The number of anilines is 1. The van der Waals surface area contributed by atoms with Crippen LogP contribution in [0.25, 0.3) is 10.9 Å². The van der Waals surface area contributed by atoms with Crippen LogP contribution in [0.1, 0.15) is 18.4 Å². The number of rotatable bonds is 7. The van der Waals surface area contributed by atoms with Gasteiger partial charge in [0.2, 0.25) is 11.8 Å². The van der Waals surface area contributed by atoms with E-state index < -0.39 is 12.0 Å². The molecule has 166 valence electrons. The molecule has 2 heterocycles. The van der Waals surface area contributed by atoms with Crippen LogP contribution in [0.15, 0.2) is 54.7 Å². The second-order valence-electron chi connectivity index (χ2n) is 7.57. The number of carbonyl (C=O) groups is 3. The van der Waals surface area contributed by atoms with Crippen LogP contribution in [0.2, 0.25) is 0 Å². The van der Waals surface area contributed by atoms with Gasteiger partial charge in [-0.3, -0.25) is 9.59 Å². The molecule has 2 N–H and O–H groups in total. The third kappa shape index (κ3) is 4.59. The predicted octanol–water partition coefficient (Wildman–Crippen LogP) is 2.57. The van der Waals surface area contributed by atoms with Crippen LogP contribution >= 0.6 is 0 Å². The topological polar surface area (TPSA) is 101 Å². The molecule has 8 heteroatoms. The molecule has 0 radical (unpaired) electrons. The van der Waals surface area contributed by atoms with E-state index in [0.717, 1.165) is 16.5 Å². The Labute approximate surface area is 185 Å². The van der Waals surface area contributed by atoms with Crippen molar-refractivity contribution in [1.82, 2.24) is 10.3 Å². The Hall–Kier alpha value is -3.81. The number of hydrogen-bond donors (Lipinski definition) is 2. The van der Waals surface area contributed by atoms with Gasteiger partial charge in [0.25, 0.3) is 0 Å². The van der Waals surface area contributed by atoms with E-state index in [-0.39, 0.29) is 31.1 Å². The Kier molecular flexibility index (Phi) is 6.39. The molecule has 2 amide bonds. The maximum Gasteiger partial charge on any atom is 0.328 e. The smallest absolute Gasteiger partial charge is 0.328 e. The number of nitrogens with one attached hydrogen (secondary N) is 2. The van der Waals surface area contributed by atoms with Gasteiger partial charge in [-0.05, 0) is 23.8 Å². The Morgan fingerprint density at radius 3 is 2.75 bits per heavy atom. The summed E-state index contributed by atoms with van der Waals surface area (Å²) in [6.45, 7) is 0.840. The van der Waals surface area contributed by atoms with Crippen molar-refractivity contribution in [2.45, 2.75) is 25.3 Å². The van der Waals surface area contributed by atoms with Crippen LogP contribution in [0.3, 0.4) is 0 Å². The lowest BCUT2D eigenvalue weighted by molar-refractivity contribution is -0.145. The largest absolute Gasteiger partial charge is 0.490 e. The zero-order valence-electron chi connectivity index (χ0n) is 17.8. The molecule has 1 aliphatic rings. The van der Waals surface area contributed by atoms with Gasteiger partial charge in [0, 0.05) is 36.4 Å². The number of aromatic amines is 1. The van der Waals surface area contributed by atoms with Gasteiger partial charge in [0.15, 0.2) is 0 Å². The van der Waals surface area contributed by atoms with E-state index >= 15 is 0 Å². The van der Waals surface area contributed by atoms with E-state index in [1.54, 1.807) is 4.90 Å². The molecule has 4 rings (SSSR count). The van der Waals surface area contributed by atoms with Crippen LogP contribution in [-0.4, -0.2) is 49.1 Å². The summed E-state index contributed by atoms with van der Waals surface area (Å²) in [7, 11) is 1.29. The second kappa shape index (κ2) is 9.55. The quantitative estimate of drug-likeness (QED) is 0.556. The predicted molar refractivity (Wildman–Crippen MR) is 119 cm³/mol. The number of benzene rings is 2. The van der Waals surface area contributed by atoms with E-state index in [1.165, 1.54) is 7.11 Å². The molecule has 32 heavy (non-hydrogen) atoms. The van der Waals surface area contributed by atoms with Crippen molar-refractivity contribution < 1.29 is 23.9 Å². The van der Waals surface area contributed by atoms with E-state index in [0.29, 0.717) is 24.6 Å². The van der Waals surface area contributed by atoms with Crippen molar-refractivity contribution >= 4 is 34.4 Å². The average molecular weight is 435 g/mol. The highest BCUT2D eigenvalue weighted by molar-refractivity contribution is 5.97. The molecule has 0 aliphatic carbocycles. The summed E-state index contributed by atoms with van der Waals surface area (Å²) in [6, 6.07) is 14.2. The van der Waals surface area contributed by atoms with Crippen molar-refractivity contribution in [2.75, 3.05) is 25.2 Å². The van der Waals surface area contributed by atoms with E-state index in [2.05, 4.69) is 10.3 Å². The van der Waals surface area contributed by atoms with Crippen molar-refractivity contribution in [3.05, 3.63) is 60.3 Å². The Balaban J connectivity index is 1.38. The second-order valence-corrected chi connectivity index (χ2v) is 7.57. The van der Waals surface area contributed by atoms with E-state index in [9.17, 15) is 14.4 Å². The van der Waals surface area contributed by atoms with Gasteiger partial charge in [-0.25, -0.2) is 4.79 Å². The van der Waals surface area contributed by atoms with Crippen LogP contribution in [-0.2, 0) is 25.5 Å². The van der Waals surface area contributed by atoms with Crippen molar-refractivity contribution in [3.63, 3.8) is 0 Å². The first-order valence-electron chi connectivity index (χ1n) is 10.5. The fourth-order valence-electron chi connectivity index (χ4n) is 3.91. The Morgan fingerprint density at radius 1 is 1.12 bits per heavy atom. The molecule has 1 atom stereocenters. The summed E-state index contributed by atoms with van der Waals surface area (Å²) in [5, 5.41) is 3.71. The third-order valence-corrected chi connectivity index (χ3v) is 5.52. The number of hydrogen-bond acceptors (Lipinski definition) is 5. The van der Waals surface area contributed by atoms with Gasteiger partial charge in [-0.1, -0.05) is 30.3 Å². The van der Waals surface area contributed by atoms with E-state index in [1.807, 2.05) is 54.7 Å². The first kappa shape index (κ1) is 21.4. The Morgan fingerprint density at radius 2 is 1.91 bits per heavy atom. The highest BCUT2D eigenvalue weighted by atomic mass is 16.5. The van der Waals surface area contributed by atoms with Crippen molar-refractivity contribution in [3.8, 4) is 5.75 Å². The Bertz CT molecular complexity index is 1140. The summed E-state index contributed by atoms with van der Waals surface area (Å²) in [4.78, 5) is 42.4. The molecule has 0 saturated carbocycles. The zero-order chi connectivity index (χ0) is 22.5. The molecule has 8 nitrogen and oxygen atoms in total. The molecular weight excluding hydrogens is 410 g/mol. The summed E-state index contributed by atoms with van der Waals surface area (Å²) in [6.07, 6.45) is 2.11. The molecule has 0 spiro atoms. The fraction of sp³-hybridized carbons (Fsp3) is 0.292. The highest BCUT2D eigenvalue weighted by Crippen LogP contribution is 2.31. The number of amides is 2. The van der Waals surface area contributed by atoms with Gasteiger partial charge in [0.05, 0.1) is 19.3 Å². The number of fused-ring (bicyclic) bond motifs is 2. The van der Waals surface area contributed by atoms with Crippen LogP contribution in [0.5, 0.6) is 5.75 Å². The van der Waals surface area contributed by atoms with Gasteiger partial charge in [-0.2, -0.15) is 0 Å². The van der Waals surface area contributed by atoms with Gasteiger partial charge >= 0.3 is 5.97 Å². The van der Waals surface area contributed by atoms with Gasteiger partial charge < -0.3 is 24.7 Å². The number of H-pyrrole nitrogens is 1. The molecule has 3 aromatic rings. The molecule has 2 aromatic carbocycles. The highest BCUT2D eigenvalue weighted by Gasteiger charge is 2.26. The normalized spacial score (nSPS) is 13.7. The standard InChI is InChI=1S/C24H25N3O5/c1-31-24(30)19(14-16-15-25-18-7-3-2-6-17(16)18)26-22(28)10-11-23(29)27-12-13-32-21-9-5-4-8-20(21)27/h2-9,15,19,25H,10-14H2,1H3,(H,26,28)/t19-/m1/s1. The first-order valence-corrected chi connectivity index (χ1v) is 10.5. The monoisotopic (exact) mass is 435 g/mol. The minimum Gasteiger partial charge on any atom is -0.490 e. The van der Waals surface area contributed by atoms with Crippen LogP contribution < -0.4 is 15.0 Å². The summed E-state index contributed by atoms with van der Waals surface area (Å²) >= 11 is 0. The molecular formula is C24H25N3O5. The van der Waals surface area contributed by atoms with Crippen molar-refractivity contribution in [2.24, 2.45) is 0 Å². The number of nitrogens with zero attached hydrogens (tertiary/aromatic N) is 1. The minimum absolute atomic E-state index is 0.0280. The lowest BCUT2D eigenvalue weighted by Crippen LogP contribution is -2.43. The molecule has 0 bridgehead atoms. The number of carbonyl (C=O) groups excluding carboxylic acids is 3. The fourth-order valence-corrected chi connectivity index (χ4v) is 3.91. The minimum atomic E-state index is -0.842. The SMILES string of the molecule is COC(=O)[C@@H](Cc1c[nH]c2ccccc12)NC(=O)CCC(=O)N1CCOc2ccccc21. The average Bonchev–Trinajstić information content (AvgIpc) is 3.24. The zero-order valence-corrected chi connectivity index (χ0v) is 17.8. The van der Waals surface area contributed by atoms with Crippen molar-refractivity contribution in [1.29, 1.82) is 0 Å². The number of ether oxygens (including phenoxy) is 2. The maximum absolute atomic E-state index is 12.7. The summed E-state index contributed by atoms with van der Waals surface area (Å²) < 4.78 is 10.5. The number of aromatic nitrogens is 1. The summed E-state index contributed by atoms with van der Waals surface area (Å²) in [5.74, 6) is -0.421. The van der Waals surface area contributed by atoms with Crippen LogP contribution in [0, 0.1) is 0 Å². The molecule has 0 fully saturated rings. The summed E-state index contributed by atoms with van der Waals surface area (Å²) in [5.41, 5.74) is 2.56. The van der Waals surface area contributed by atoms with Gasteiger partial charge in [0.1, 0.15) is 18.4 Å². The molecule has 0 saturated heterocycles. The molecule has 0 unspecified atom stereocenters. The number of methoxy groups -OCH3 is 1. The maximum atomic E-state index is 12.7. The lowest BCUT2D eigenvalue weighted by Gasteiger charge is -2.29. The molecule has 1 aromatic heterocycles. The third-order valence-electron chi connectivity index (χ3n) is 5.52. The number of esters is 1.